The van der Waals surface area contributed by atoms with Gasteiger partial charge in [-0.3, -0.25) is 9.10 Å². The monoisotopic (exact) mass is 351 g/mol. The summed E-state index contributed by atoms with van der Waals surface area (Å²) >= 11 is 0. The minimum absolute atomic E-state index is 0.0267. The standard InChI is InChI=1S/C17H25N3O3S/c1-13-11-15(20-7-2-10-24(20,22)23)3-4-16(13)17(21)19-8-5-14(12-18)6-9-19/h3-4,11,14H,2,5-10,12,18H2,1H3. The first kappa shape index (κ1) is 17.2. The topological polar surface area (TPSA) is 83.7 Å². The molecule has 3 rings (SSSR count). The molecule has 2 saturated heterocycles. The molecular weight excluding hydrogens is 326 g/mol. The van der Waals surface area contributed by atoms with Gasteiger partial charge < -0.3 is 10.6 Å². The van der Waals surface area contributed by atoms with Gasteiger partial charge in [-0.15, -0.1) is 0 Å². The number of aryl methyl sites for hydroxylation is 1. The van der Waals surface area contributed by atoms with Crippen LogP contribution in [0.3, 0.4) is 0 Å². The number of likely N-dealkylation sites (tertiary alicyclic amines) is 1. The van der Waals surface area contributed by atoms with E-state index in [1.807, 2.05) is 17.9 Å². The Labute approximate surface area is 143 Å². The van der Waals surface area contributed by atoms with Gasteiger partial charge in [0.25, 0.3) is 5.91 Å². The first-order valence-corrected chi connectivity index (χ1v) is 10.1. The first-order valence-electron chi connectivity index (χ1n) is 8.53. The highest BCUT2D eigenvalue weighted by Crippen LogP contribution is 2.27. The van der Waals surface area contributed by atoms with Crippen molar-refractivity contribution in [2.45, 2.75) is 26.2 Å². The lowest BCUT2D eigenvalue weighted by atomic mass is 9.96. The zero-order valence-electron chi connectivity index (χ0n) is 14.1. The molecule has 24 heavy (non-hydrogen) atoms. The molecule has 2 fully saturated rings. The van der Waals surface area contributed by atoms with Gasteiger partial charge in [-0.2, -0.15) is 0 Å². The van der Waals surface area contributed by atoms with Crippen molar-refractivity contribution in [2.75, 3.05) is 36.2 Å². The van der Waals surface area contributed by atoms with Crippen LogP contribution in [0.5, 0.6) is 0 Å². The summed E-state index contributed by atoms with van der Waals surface area (Å²) < 4.78 is 25.5. The van der Waals surface area contributed by atoms with Crippen LogP contribution in [0.15, 0.2) is 18.2 Å². The first-order chi connectivity index (χ1) is 11.4. The predicted octanol–water partition coefficient (Wildman–Crippen LogP) is 1.35. The maximum absolute atomic E-state index is 12.7. The molecule has 1 aromatic rings. The minimum atomic E-state index is -3.19. The van der Waals surface area contributed by atoms with E-state index in [-0.39, 0.29) is 11.7 Å². The van der Waals surface area contributed by atoms with Crippen LogP contribution in [0.25, 0.3) is 0 Å². The van der Waals surface area contributed by atoms with Crippen LogP contribution in [-0.2, 0) is 10.0 Å². The van der Waals surface area contributed by atoms with Crippen molar-refractivity contribution in [3.63, 3.8) is 0 Å². The summed E-state index contributed by atoms with van der Waals surface area (Å²) in [4.78, 5) is 14.6. The lowest BCUT2D eigenvalue weighted by Gasteiger charge is -2.32. The molecule has 1 aromatic carbocycles. The van der Waals surface area contributed by atoms with Crippen molar-refractivity contribution in [3.05, 3.63) is 29.3 Å². The second-order valence-corrected chi connectivity index (χ2v) is 8.73. The quantitative estimate of drug-likeness (QED) is 0.891. The third-order valence-electron chi connectivity index (χ3n) is 5.06. The normalized spacial score (nSPS) is 21.2. The molecule has 7 heteroatoms. The summed E-state index contributed by atoms with van der Waals surface area (Å²) in [5.74, 6) is 0.736. The molecule has 2 heterocycles. The van der Waals surface area contributed by atoms with E-state index in [1.165, 1.54) is 4.31 Å². The molecule has 2 aliphatic heterocycles. The summed E-state index contributed by atoms with van der Waals surface area (Å²) in [6.07, 6.45) is 2.55. The van der Waals surface area contributed by atoms with E-state index in [0.717, 1.165) is 31.5 Å². The molecule has 0 spiro atoms. The summed E-state index contributed by atoms with van der Waals surface area (Å²) in [5.41, 5.74) is 7.83. The molecule has 0 radical (unpaired) electrons. The molecule has 0 saturated carbocycles. The van der Waals surface area contributed by atoms with E-state index in [0.29, 0.717) is 36.7 Å². The smallest absolute Gasteiger partial charge is 0.254 e. The van der Waals surface area contributed by atoms with E-state index in [9.17, 15) is 13.2 Å². The largest absolute Gasteiger partial charge is 0.339 e. The summed E-state index contributed by atoms with van der Waals surface area (Å²) in [7, 11) is -3.19. The zero-order chi connectivity index (χ0) is 17.3. The third kappa shape index (κ3) is 3.28. The SMILES string of the molecule is Cc1cc(N2CCCS2(=O)=O)ccc1C(=O)N1CCC(CN)CC1. The number of hydrogen-bond acceptors (Lipinski definition) is 4. The molecule has 2 N–H and O–H groups in total. The number of carbonyl (C=O) groups excluding carboxylic acids is 1. The number of nitrogens with zero attached hydrogens (tertiary/aromatic N) is 2. The van der Waals surface area contributed by atoms with Crippen LogP contribution in [0.4, 0.5) is 5.69 Å². The maximum atomic E-state index is 12.7. The third-order valence-corrected chi connectivity index (χ3v) is 6.93. The van der Waals surface area contributed by atoms with Crippen LogP contribution < -0.4 is 10.0 Å². The number of sulfonamides is 1. The second kappa shape index (κ2) is 6.72. The Balaban J connectivity index is 1.77. The molecule has 0 unspecified atom stereocenters. The summed E-state index contributed by atoms with van der Waals surface area (Å²) in [6, 6.07) is 5.31. The van der Waals surface area contributed by atoms with Gasteiger partial charge in [0.1, 0.15) is 0 Å². The van der Waals surface area contributed by atoms with Crippen LogP contribution in [-0.4, -0.2) is 51.2 Å². The van der Waals surface area contributed by atoms with Gasteiger partial charge in [0, 0.05) is 25.2 Å². The molecule has 0 aromatic heterocycles. The van der Waals surface area contributed by atoms with E-state index in [4.69, 9.17) is 5.73 Å². The Morgan fingerprint density at radius 2 is 1.96 bits per heavy atom. The molecule has 2 aliphatic rings. The average Bonchev–Trinajstić information content (AvgIpc) is 2.93. The van der Waals surface area contributed by atoms with Gasteiger partial charge >= 0.3 is 0 Å². The molecular formula is C17H25N3O3S. The van der Waals surface area contributed by atoms with Gasteiger partial charge in [-0.1, -0.05) is 0 Å². The summed E-state index contributed by atoms with van der Waals surface area (Å²) in [5, 5.41) is 0. The summed E-state index contributed by atoms with van der Waals surface area (Å²) in [6.45, 7) is 4.54. The lowest BCUT2D eigenvalue weighted by molar-refractivity contribution is 0.0692. The van der Waals surface area contributed by atoms with Crippen LogP contribution in [0.2, 0.25) is 0 Å². The number of carbonyl (C=O) groups is 1. The van der Waals surface area contributed by atoms with Gasteiger partial charge in [0.15, 0.2) is 0 Å². The van der Waals surface area contributed by atoms with Crippen LogP contribution in [0, 0.1) is 12.8 Å². The Morgan fingerprint density at radius 1 is 1.25 bits per heavy atom. The van der Waals surface area contributed by atoms with Crippen molar-refractivity contribution in [1.82, 2.24) is 4.90 Å². The highest BCUT2D eigenvalue weighted by molar-refractivity contribution is 7.93. The molecule has 0 bridgehead atoms. The van der Waals surface area contributed by atoms with Crippen molar-refractivity contribution in [2.24, 2.45) is 11.7 Å². The number of benzene rings is 1. The van der Waals surface area contributed by atoms with Gasteiger partial charge in [-0.05, 0) is 62.4 Å². The Bertz CT molecular complexity index is 725. The molecule has 0 aliphatic carbocycles. The second-order valence-electron chi connectivity index (χ2n) is 6.71. The highest BCUT2D eigenvalue weighted by Gasteiger charge is 2.29. The fourth-order valence-electron chi connectivity index (χ4n) is 3.51. The van der Waals surface area contributed by atoms with Crippen molar-refractivity contribution >= 4 is 21.6 Å². The highest BCUT2D eigenvalue weighted by atomic mass is 32.2. The van der Waals surface area contributed by atoms with Crippen molar-refractivity contribution in [3.8, 4) is 0 Å². The Kier molecular flexibility index (Phi) is 4.83. The molecule has 0 atom stereocenters. The van der Waals surface area contributed by atoms with E-state index >= 15 is 0 Å². The fraction of sp³-hybridized carbons (Fsp3) is 0.588. The molecule has 6 nitrogen and oxygen atoms in total. The van der Waals surface area contributed by atoms with Gasteiger partial charge in [0.05, 0.1) is 11.4 Å². The predicted molar refractivity (Wildman–Crippen MR) is 94.6 cm³/mol. The van der Waals surface area contributed by atoms with Crippen molar-refractivity contribution in [1.29, 1.82) is 0 Å². The Morgan fingerprint density at radius 3 is 2.50 bits per heavy atom. The zero-order valence-corrected chi connectivity index (χ0v) is 14.9. The fourth-order valence-corrected chi connectivity index (χ4v) is 5.07. The number of nitrogens with two attached hydrogens (primary N) is 1. The molecule has 132 valence electrons. The van der Waals surface area contributed by atoms with Crippen molar-refractivity contribution < 1.29 is 13.2 Å². The van der Waals surface area contributed by atoms with E-state index in [2.05, 4.69) is 0 Å². The number of anilines is 1. The minimum Gasteiger partial charge on any atom is -0.339 e. The van der Waals surface area contributed by atoms with E-state index < -0.39 is 10.0 Å². The number of piperidine rings is 1. The Hall–Kier alpha value is -1.60. The maximum Gasteiger partial charge on any atom is 0.254 e. The van der Waals surface area contributed by atoms with Crippen LogP contribution >= 0.6 is 0 Å². The van der Waals surface area contributed by atoms with Gasteiger partial charge in [-0.25, -0.2) is 8.42 Å². The average molecular weight is 351 g/mol. The molecule has 1 amide bonds. The number of hydrogen-bond donors (Lipinski definition) is 1. The van der Waals surface area contributed by atoms with E-state index in [1.54, 1.807) is 12.1 Å². The number of amides is 1. The van der Waals surface area contributed by atoms with Crippen LogP contribution in [0.1, 0.15) is 35.2 Å². The van der Waals surface area contributed by atoms with Gasteiger partial charge in [0.2, 0.25) is 10.0 Å². The lowest BCUT2D eigenvalue weighted by Crippen LogP contribution is -2.40. The number of rotatable bonds is 3.